The van der Waals surface area contributed by atoms with Gasteiger partial charge in [-0.2, -0.15) is 10.2 Å². The Labute approximate surface area is 119 Å². The number of fused-ring (bicyclic) bond motifs is 1. The molecule has 3 N–H and O–H groups in total. The Hall–Kier alpha value is -1.78. The van der Waals surface area contributed by atoms with Gasteiger partial charge in [0.25, 0.3) is 0 Å². The van der Waals surface area contributed by atoms with E-state index < -0.39 is 0 Å². The Morgan fingerprint density at radius 3 is 2.95 bits per heavy atom. The first-order valence-corrected chi connectivity index (χ1v) is 7.19. The maximum absolute atomic E-state index is 5.74. The molecule has 20 heavy (non-hydrogen) atoms. The molecule has 1 aromatic heterocycles. The fourth-order valence-corrected chi connectivity index (χ4v) is 3.19. The summed E-state index contributed by atoms with van der Waals surface area (Å²) in [5.41, 5.74) is 7.01. The molecule has 1 heterocycles. The maximum atomic E-state index is 5.74. The first-order valence-electron chi connectivity index (χ1n) is 7.19. The number of nitrogens with one attached hydrogen (secondary N) is 1. The van der Waals surface area contributed by atoms with Crippen molar-refractivity contribution in [3.63, 3.8) is 0 Å². The molecule has 104 valence electrons. The Morgan fingerprint density at radius 2 is 2.15 bits per heavy atom. The molecular formula is C16H20N4. The minimum atomic E-state index is 0.127. The topological polar surface area (TPSA) is 63.8 Å². The van der Waals surface area contributed by atoms with E-state index in [2.05, 4.69) is 39.9 Å². The van der Waals surface area contributed by atoms with E-state index in [1.54, 1.807) is 12.4 Å². The van der Waals surface area contributed by atoms with Gasteiger partial charge in [-0.1, -0.05) is 24.3 Å². The van der Waals surface area contributed by atoms with Crippen molar-refractivity contribution in [1.29, 1.82) is 0 Å². The van der Waals surface area contributed by atoms with E-state index in [4.69, 9.17) is 5.84 Å². The third-order valence-corrected chi connectivity index (χ3v) is 4.22. The molecule has 4 heteroatoms. The van der Waals surface area contributed by atoms with E-state index in [9.17, 15) is 0 Å². The van der Waals surface area contributed by atoms with Gasteiger partial charge in [-0.05, 0) is 54.4 Å². The van der Waals surface area contributed by atoms with Gasteiger partial charge in [0.05, 0.1) is 6.20 Å². The average molecular weight is 268 g/mol. The zero-order valence-corrected chi connectivity index (χ0v) is 11.5. The molecule has 2 aromatic rings. The molecule has 1 aliphatic carbocycles. The number of aromatic nitrogens is 2. The summed E-state index contributed by atoms with van der Waals surface area (Å²) in [4.78, 5) is 0. The van der Waals surface area contributed by atoms with Gasteiger partial charge in [-0.25, -0.2) is 0 Å². The van der Waals surface area contributed by atoms with Crippen LogP contribution in [0.3, 0.4) is 0 Å². The lowest BCUT2D eigenvalue weighted by atomic mass is 9.79. The summed E-state index contributed by atoms with van der Waals surface area (Å²) in [7, 11) is 0. The fourth-order valence-electron chi connectivity index (χ4n) is 3.19. The molecule has 1 aliphatic rings. The van der Waals surface area contributed by atoms with E-state index in [0.717, 1.165) is 12.0 Å². The molecule has 3 rings (SSSR count). The fraction of sp³-hybridized carbons (Fsp3) is 0.375. The summed E-state index contributed by atoms with van der Waals surface area (Å²) in [6, 6.07) is 10.9. The second-order valence-corrected chi connectivity index (χ2v) is 5.42. The predicted molar refractivity (Wildman–Crippen MR) is 78.8 cm³/mol. The highest BCUT2D eigenvalue weighted by Gasteiger charge is 2.23. The minimum Gasteiger partial charge on any atom is -0.271 e. The first-order chi connectivity index (χ1) is 9.88. The standard InChI is InChI=1S/C16H20N4/c17-20-16(14-8-9-18-19-11-14)10-13-6-3-5-12-4-1-2-7-15(12)13/h1-2,4,7-9,11,13,16,20H,3,5-6,10,17H2. The van der Waals surface area contributed by atoms with Gasteiger partial charge in [0.2, 0.25) is 0 Å². The minimum absolute atomic E-state index is 0.127. The number of nitrogens with zero attached hydrogens (tertiary/aromatic N) is 2. The van der Waals surface area contributed by atoms with Crippen LogP contribution >= 0.6 is 0 Å². The second-order valence-electron chi connectivity index (χ2n) is 5.42. The van der Waals surface area contributed by atoms with Crippen LogP contribution in [-0.2, 0) is 6.42 Å². The maximum Gasteiger partial charge on any atom is 0.0544 e. The van der Waals surface area contributed by atoms with E-state index in [-0.39, 0.29) is 6.04 Å². The third kappa shape index (κ3) is 2.71. The van der Waals surface area contributed by atoms with Gasteiger partial charge in [0, 0.05) is 12.2 Å². The third-order valence-electron chi connectivity index (χ3n) is 4.22. The van der Waals surface area contributed by atoms with Crippen molar-refractivity contribution >= 4 is 0 Å². The lowest BCUT2D eigenvalue weighted by Crippen LogP contribution is -2.30. The summed E-state index contributed by atoms with van der Waals surface area (Å²) in [6.07, 6.45) is 8.19. The summed E-state index contributed by atoms with van der Waals surface area (Å²) in [5.74, 6) is 6.31. The number of nitrogens with two attached hydrogens (primary N) is 1. The molecular weight excluding hydrogens is 248 g/mol. The molecule has 0 fully saturated rings. The largest absolute Gasteiger partial charge is 0.271 e. The van der Waals surface area contributed by atoms with Gasteiger partial charge >= 0.3 is 0 Å². The first kappa shape index (κ1) is 13.2. The summed E-state index contributed by atoms with van der Waals surface area (Å²) < 4.78 is 0. The number of hydrogen-bond acceptors (Lipinski definition) is 4. The van der Waals surface area contributed by atoms with Crippen LogP contribution in [0.1, 0.15) is 47.9 Å². The molecule has 2 atom stereocenters. The highest BCUT2D eigenvalue weighted by molar-refractivity contribution is 5.33. The monoisotopic (exact) mass is 268 g/mol. The number of hydrogen-bond donors (Lipinski definition) is 2. The number of rotatable bonds is 4. The summed E-state index contributed by atoms with van der Waals surface area (Å²) in [6.45, 7) is 0. The van der Waals surface area contributed by atoms with Gasteiger partial charge in [0.1, 0.15) is 0 Å². The lowest BCUT2D eigenvalue weighted by Gasteiger charge is -2.28. The number of aryl methyl sites for hydroxylation is 1. The van der Waals surface area contributed by atoms with Gasteiger partial charge in [-0.15, -0.1) is 0 Å². The van der Waals surface area contributed by atoms with Crippen LogP contribution in [0.15, 0.2) is 42.7 Å². The summed E-state index contributed by atoms with van der Waals surface area (Å²) in [5, 5.41) is 7.77. The normalized spacial score (nSPS) is 19.4. The van der Waals surface area contributed by atoms with Crippen LogP contribution in [-0.4, -0.2) is 10.2 Å². The Morgan fingerprint density at radius 1 is 1.25 bits per heavy atom. The van der Waals surface area contributed by atoms with Crippen LogP contribution in [0.5, 0.6) is 0 Å². The van der Waals surface area contributed by atoms with Gasteiger partial charge < -0.3 is 0 Å². The van der Waals surface area contributed by atoms with Crippen molar-refractivity contribution in [3.8, 4) is 0 Å². The molecule has 4 nitrogen and oxygen atoms in total. The molecule has 1 aromatic carbocycles. The van der Waals surface area contributed by atoms with E-state index in [1.165, 1.54) is 30.4 Å². The van der Waals surface area contributed by atoms with Crippen molar-refractivity contribution in [2.24, 2.45) is 5.84 Å². The van der Waals surface area contributed by atoms with Crippen molar-refractivity contribution in [1.82, 2.24) is 15.6 Å². The molecule has 0 aliphatic heterocycles. The quantitative estimate of drug-likeness (QED) is 0.660. The van der Waals surface area contributed by atoms with Crippen LogP contribution in [0.4, 0.5) is 0 Å². The van der Waals surface area contributed by atoms with Crippen molar-refractivity contribution < 1.29 is 0 Å². The molecule has 0 saturated carbocycles. The molecule has 0 spiro atoms. The van der Waals surface area contributed by atoms with Crippen molar-refractivity contribution in [2.75, 3.05) is 0 Å². The molecule has 0 radical (unpaired) electrons. The van der Waals surface area contributed by atoms with Gasteiger partial charge in [-0.3, -0.25) is 11.3 Å². The molecule has 2 unspecified atom stereocenters. The van der Waals surface area contributed by atoms with Crippen LogP contribution in [0.2, 0.25) is 0 Å². The van der Waals surface area contributed by atoms with E-state index >= 15 is 0 Å². The Bertz CT molecular complexity index is 555. The summed E-state index contributed by atoms with van der Waals surface area (Å²) >= 11 is 0. The second kappa shape index (κ2) is 6.11. The van der Waals surface area contributed by atoms with Crippen molar-refractivity contribution in [3.05, 3.63) is 59.4 Å². The number of benzene rings is 1. The Kier molecular flexibility index (Phi) is 4.04. The van der Waals surface area contributed by atoms with Crippen LogP contribution in [0, 0.1) is 0 Å². The predicted octanol–water partition coefficient (Wildman–Crippen LogP) is 2.49. The highest BCUT2D eigenvalue weighted by atomic mass is 15.2. The average Bonchev–Trinajstić information content (AvgIpc) is 2.53. The lowest BCUT2D eigenvalue weighted by molar-refractivity contribution is 0.424. The zero-order chi connectivity index (χ0) is 13.8. The van der Waals surface area contributed by atoms with E-state index in [0.29, 0.717) is 5.92 Å². The van der Waals surface area contributed by atoms with E-state index in [1.807, 2.05) is 6.07 Å². The Balaban J connectivity index is 1.81. The van der Waals surface area contributed by atoms with Gasteiger partial charge in [0.15, 0.2) is 0 Å². The molecule has 0 amide bonds. The zero-order valence-electron chi connectivity index (χ0n) is 11.5. The smallest absolute Gasteiger partial charge is 0.0544 e. The van der Waals surface area contributed by atoms with Crippen LogP contribution in [0.25, 0.3) is 0 Å². The highest BCUT2D eigenvalue weighted by Crippen LogP contribution is 2.37. The SMILES string of the molecule is NNC(CC1CCCc2ccccc21)c1ccnnc1. The number of hydrazine groups is 1. The molecule has 0 bridgehead atoms. The van der Waals surface area contributed by atoms with Crippen molar-refractivity contribution in [2.45, 2.75) is 37.6 Å². The van der Waals surface area contributed by atoms with Crippen LogP contribution < -0.4 is 11.3 Å². The molecule has 0 saturated heterocycles.